The zero-order chi connectivity index (χ0) is 21.5. The molecule has 0 radical (unpaired) electrons. The Morgan fingerprint density at radius 1 is 0.893 bits per heavy atom. The first-order valence-corrected chi connectivity index (χ1v) is 10.9. The molecule has 2 aromatic rings. The van der Waals surface area contributed by atoms with Crippen LogP contribution < -0.4 is 0 Å². The molecule has 0 saturated carbocycles. The first kappa shape index (κ1) is 22.4. The normalized spacial score (nSPS) is 14.1. The lowest BCUT2D eigenvalue weighted by molar-refractivity contribution is 0.233. The van der Waals surface area contributed by atoms with Gasteiger partial charge in [0.15, 0.2) is 0 Å². The molecule has 4 nitrogen and oxygen atoms in total. The van der Waals surface area contributed by atoms with Crippen LogP contribution in [-0.2, 0) is 25.1 Å². The van der Waals surface area contributed by atoms with E-state index in [2.05, 4.69) is 0 Å². The maximum atomic E-state index is 12.7. The Morgan fingerprint density at radius 3 is 1.71 bits per heavy atom. The van der Waals surface area contributed by atoms with Gasteiger partial charge in [-0.1, -0.05) is 59.2 Å². The second kappa shape index (κ2) is 7.53. The quantitative estimate of drug-likeness (QED) is 0.658. The van der Waals surface area contributed by atoms with Gasteiger partial charge in [-0.05, 0) is 65.6 Å². The summed E-state index contributed by atoms with van der Waals surface area (Å²) in [6.45, 7) is 15.7. The van der Waals surface area contributed by atoms with Crippen LogP contribution in [0.25, 0.3) is 0 Å². The second-order valence-corrected chi connectivity index (χ2v) is 11.0. The van der Waals surface area contributed by atoms with E-state index in [9.17, 15) is 13.5 Å². The van der Waals surface area contributed by atoms with Crippen molar-refractivity contribution in [2.24, 2.45) is 0 Å². The van der Waals surface area contributed by atoms with Gasteiger partial charge in [0.1, 0.15) is 5.75 Å². The third-order valence-electron chi connectivity index (χ3n) is 4.80. The van der Waals surface area contributed by atoms with Crippen LogP contribution in [0.5, 0.6) is 5.75 Å². The van der Waals surface area contributed by atoms with Crippen molar-refractivity contribution in [2.75, 3.05) is 0 Å². The Labute approximate surface area is 169 Å². The van der Waals surface area contributed by atoms with E-state index in [0.29, 0.717) is 0 Å². The third-order valence-corrected chi connectivity index (χ3v) is 6.19. The maximum Gasteiger partial charge on any atom is 0.297 e. The van der Waals surface area contributed by atoms with Crippen molar-refractivity contribution in [3.63, 3.8) is 0 Å². The summed E-state index contributed by atoms with van der Waals surface area (Å²) in [5.41, 5.74) is 2.67. The number of phenols is 1. The Hall–Kier alpha value is -1.85. The second-order valence-electron chi connectivity index (χ2n) is 9.47. The topological polar surface area (TPSA) is 63.6 Å². The maximum absolute atomic E-state index is 12.7. The fourth-order valence-corrected chi connectivity index (χ4v) is 4.11. The summed E-state index contributed by atoms with van der Waals surface area (Å²) in [5.74, 6) is 0.261. The molecule has 1 unspecified atom stereocenters. The highest BCUT2D eigenvalue weighted by atomic mass is 32.2. The van der Waals surface area contributed by atoms with E-state index < -0.39 is 16.2 Å². The van der Waals surface area contributed by atoms with Gasteiger partial charge in [0.25, 0.3) is 10.1 Å². The number of aromatic hydroxyl groups is 1. The fourth-order valence-electron chi connectivity index (χ4n) is 3.04. The van der Waals surface area contributed by atoms with Gasteiger partial charge in [-0.2, -0.15) is 8.42 Å². The van der Waals surface area contributed by atoms with Crippen molar-refractivity contribution in [2.45, 2.75) is 77.2 Å². The van der Waals surface area contributed by atoms with E-state index >= 15 is 0 Å². The molecule has 2 aromatic carbocycles. The Morgan fingerprint density at radius 2 is 1.32 bits per heavy atom. The first-order chi connectivity index (χ1) is 12.6. The number of rotatable bonds is 4. The summed E-state index contributed by atoms with van der Waals surface area (Å²) in [6.07, 6.45) is -0.686. The van der Waals surface area contributed by atoms with Crippen LogP contribution in [-0.4, -0.2) is 13.5 Å². The predicted molar refractivity (Wildman–Crippen MR) is 113 cm³/mol. The highest BCUT2D eigenvalue weighted by molar-refractivity contribution is 7.86. The zero-order valence-corrected chi connectivity index (χ0v) is 18.9. The van der Waals surface area contributed by atoms with E-state index in [1.54, 1.807) is 31.2 Å². The molecule has 0 bridgehead atoms. The highest BCUT2D eigenvalue weighted by Crippen LogP contribution is 2.41. The van der Waals surface area contributed by atoms with Crippen LogP contribution in [0.1, 0.15) is 76.8 Å². The van der Waals surface area contributed by atoms with Gasteiger partial charge in [-0.25, -0.2) is 0 Å². The van der Waals surface area contributed by atoms with Crippen molar-refractivity contribution < 1.29 is 17.7 Å². The lowest BCUT2D eigenvalue weighted by Gasteiger charge is -2.29. The molecule has 154 valence electrons. The van der Waals surface area contributed by atoms with E-state index in [-0.39, 0.29) is 21.5 Å². The molecule has 2 rings (SSSR count). The van der Waals surface area contributed by atoms with Gasteiger partial charge in [-0.15, -0.1) is 0 Å². The third kappa shape index (κ3) is 4.95. The molecular formula is C23H32O4S. The molecule has 5 heteroatoms. The minimum atomic E-state index is -3.89. The molecule has 0 aliphatic rings. The van der Waals surface area contributed by atoms with Gasteiger partial charge in [-0.3, -0.25) is 4.18 Å². The smallest absolute Gasteiger partial charge is 0.297 e. The lowest BCUT2D eigenvalue weighted by Crippen LogP contribution is -2.19. The van der Waals surface area contributed by atoms with Gasteiger partial charge >= 0.3 is 0 Å². The molecule has 0 spiro atoms. The van der Waals surface area contributed by atoms with Crippen molar-refractivity contribution >= 4 is 10.1 Å². The van der Waals surface area contributed by atoms with Crippen molar-refractivity contribution in [1.82, 2.24) is 0 Å². The summed E-state index contributed by atoms with van der Waals surface area (Å²) in [4.78, 5) is 0.135. The average molecular weight is 405 g/mol. The van der Waals surface area contributed by atoms with Gasteiger partial charge in [0.05, 0.1) is 11.0 Å². The van der Waals surface area contributed by atoms with Crippen LogP contribution in [0, 0.1) is 6.92 Å². The molecule has 0 heterocycles. The zero-order valence-electron chi connectivity index (χ0n) is 18.1. The SMILES string of the molecule is Cc1ccc(S(=O)(=O)OC(C)c2cc(C(C)(C)C)c(O)c(C(C)(C)C)c2)cc1. The van der Waals surface area contributed by atoms with Crippen molar-refractivity contribution in [3.8, 4) is 5.75 Å². The predicted octanol–water partition coefficient (Wildman–Crippen LogP) is 5.76. The van der Waals surface area contributed by atoms with Crippen molar-refractivity contribution in [3.05, 3.63) is 58.7 Å². The largest absolute Gasteiger partial charge is 0.507 e. The van der Waals surface area contributed by atoms with Crippen LogP contribution in [0.3, 0.4) is 0 Å². The van der Waals surface area contributed by atoms with Crippen LogP contribution >= 0.6 is 0 Å². The fraction of sp³-hybridized carbons (Fsp3) is 0.478. The number of hydrogen-bond acceptors (Lipinski definition) is 4. The van der Waals surface area contributed by atoms with E-state index in [1.165, 1.54) is 0 Å². The van der Waals surface area contributed by atoms with E-state index in [0.717, 1.165) is 22.3 Å². The van der Waals surface area contributed by atoms with Gasteiger partial charge in [0.2, 0.25) is 0 Å². The average Bonchev–Trinajstić information content (AvgIpc) is 2.52. The Bertz CT molecular complexity index is 909. The molecule has 1 atom stereocenters. The molecule has 1 N–H and O–H groups in total. The summed E-state index contributed by atoms with van der Waals surface area (Å²) in [5, 5.41) is 10.8. The molecule has 0 fully saturated rings. The first-order valence-electron chi connectivity index (χ1n) is 9.51. The molecular weight excluding hydrogens is 372 g/mol. The molecule has 0 aliphatic carbocycles. The highest BCUT2D eigenvalue weighted by Gasteiger charge is 2.29. The molecule has 28 heavy (non-hydrogen) atoms. The number of benzene rings is 2. The standard InChI is InChI=1S/C23H32O4S/c1-15-9-11-18(12-10-15)28(25,26)27-16(2)17-13-19(22(3,4)5)21(24)20(14-17)23(6,7)8/h9-14,16,24H,1-8H3. The molecule has 0 saturated heterocycles. The summed E-state index contributed by atoms with van der Waals surface area (Å²) in [6, 6.07) is 10.3. The van der Waals surface area contributed by atoms with Crippen LogP contribution in [0.2, 0.25) is 0 Å². The number of aryl methyl sites for hydroxylation is 1. The van der Waals surface area contributed by atoms with Gasteiger partial charge < -0.3 is 5.11 Å². The molecule has 0 amide bonds. The molecule has 0 aromatic heterocycles. The van der Waals surface area contributed by atoms with E-state index in [4.69, 9.17) is 4.18 Å². The number of hydrogen-bond donors (Lipinski definition) is 1. The van der Waals surface area contributed by atoms with Crippen LogP contribution in [0.15, 0.2) is 41.3 Å². The molecule has 0 aliphatic heterocycles. The number of phenolic OH excluding ortho intramolecular Hbond substituents is 1. The van der Waals surface area contributed by atoms with Crippen LogP contribution in [0.4, 0.5) is 0 Å². The Balaban J connectivity index is 2.50. The monoisotopic (exact) mass is 404 g/mol. The lowest BCUT2D eigenvalue weighted by atomic mass is 9.78. The van der Waals surface area contributed by atoms with Crippen molar-refractivity contribution in [1.29, 1.82) is 0 Å². The summed E-state index contributed by atoms with van der Waals surface area (Å²) >= 11 is 0. The summed E-state index contributed by atoms with van der Waals surface area (Å²) in [7, 11) is -3.89. The van der Waals surface area contributed by atoms with E-state index in [1.807, 2.05) is 60.6 Å². The van der Waals surface area contributed by atoms with Gasteiger partial charge in [0, 0.05) is 0 Å². The summed E-state index contributed by atoms with van der Waals surface area (Å²) < 4.78 is 30.9. The minimum Gasteiger partial charge on any atom is -0.507 e. The minimum absolute atomic E-state index is 0.135. The Kier molecular flexibility index (Phi) is 6.03.